The van der Waals surface area contributed by atoms with Gasteiger partial charge in [-0.2, -0.15) is 0 Å². The molecule has 1 atom stereocenters. The van der Waals surface area contributed by atoms with Crippen LogP contribution in [0.4, 0.5) is 0 Å². The maximum absolute atomic E-state index is 13.5. The lowest BCUT2D eigenvalue weighted by Crippen LogP contribution is -2.58. The number of benzene rings is 1. The fourth-order valence-corrected chi connectivity index (χ4v) is 6.07. The SMILES string of the molecule is Cc1cc(C)c(CNC(=O)c2c(C)n([C@@H](C)C3CCN(C4CNC4)CC3)c3ccccc23)c(=O)[nH]1. The number of hydrogen-bond donors (Lipinski definition) is 3. The molecule has 186 valence electrons. The van der Waals surface area contributed by atoms with Crippen LogP contribution in [0.5, 0.6) is 0 Å². The quantitative estimate of drug-likeness (QED) is 0.510. The second-order valence-electron chi connectivity index (χ2n) is 10.4. The number of para-hydroxylation sites is 1. The number of pyridine rings is 1. The summed E-state index contributed by atoms with van der Waals surface area (Å²) in [6, 6.07) is 11.2. The average molecular weight is 476 g/mol. The lowest BCUT2D eigenvalue weighted by molar-refractivity contribution is 0.0855. The molecule has 0 unspecified atom stereocenters. The van der Waals surface area contributed by atoms with Gasteiger partial charge in [0.1, 0.15) is 0 Å². The van der Waals surface area contributed by atoms with Crippen molar-refractivity contribution in [1.29, 1.82) is 0 Å². The average Bonchev–Trinajstić information content (AvgIpc) is 3.09. The van der Waals surface area contributed by atoms with E-state index in [-0.39, 0.29) is 18.0 Å². The minimum Gasteiger partial charge on any atom is -0.348 e. The summed E-state index contributed by atoms with van der Waals surface area (Å²) in [5.41, 5.74) is 5.00. The number of carbonyl (C=O) groups is 1. The minimum absolute atomic E-state index is 0.128. The van der Waals surface area contributed by atoms with Gasteiger partial charge in [-0.15, -0.1) is 0 Å². The second kappa shape index (κ2) is 9.63. The Balaban J connectivity index is 1.39. The molecule has 35 heavy (non-hydrogen) atoms. The Morgan fingerprint density at radius 2 is 1.86 bits per heavy atom. The van der Waals surface area contributed by atoms with Crippen LogP contribution in [-0.4, -0.2) is 52.6 Å². The van der Waals surface area contributed by atoms with E-state index in [0.717, 1.165) is 54.0 Å². The first-order chi connectivity index (χ1) is 16.8. The molecule has 4 heterocycles. The number of amides is 1. The number of hydrogen-bond acceptors (Lipinski definition) is 4. The van der Waals surface area contributed by atoms with Crippen molar-refractivity contribution in [3.8, 4) is 0 Å². The predicted octanol–water partition coefficient (Wildman–Crippen LogP) is 3.43. The first kappa shape index (κ1) is 23.8. The van der Waals surface area contributed by atoms with Gasteiger partial charge in [0.25, 0.3) is 11.5 Å². The highest BCUT2D eigenvalue weighted by Crippen LogP contribution is 2.36. The Hall–Kier alpha value is -2.90. The Morgan fingerprint density at radius 3 is 2.51 bits per heavy atom. The molecule has 0 saturated carbocycles. The standard InChI is InChI=1S/C28H37N5O2/c1-17-13-18(2)31-27(34)24(17)16-30-28(35)26-20(4)33(25-8-6-5-7-23(25)26)19(3)21-9-11-32(12-10-21)22-14-29-15-22/h5-8,13,19,21-22,29H,9-12,14-16H2,1-4H3,(H,30,35)(H,31,34)/t19-/m0/s1. The molecule has 0 aliphatic carbocycles. The molecule has 1 amide bonds. The van der Waals surface area contributed by atoms with Gasteiger partial charge in [0.05, 0.1) is 5.56 Å². The molecule has 0 radical (unpaired) electrons. The lowest BCUT2D eigenvalue weighted by atomic mass is 9.88. The fraction of sp³-hybridized carbons (Fsp3) is 0.500. The summed E-state index contributed by atoms with van der Waals surface area (Å²) in [7, 11) is 0. The van der Waals surface area contributed by atoms with Crippen LogP contribution in [-0.2, 0) is 6.54 Å². The normalized spacial score (nSPS) is 18.5. The molecule has 2 aliphatic heterocycles. The van der Waals surface area contributed by atoms with Crippen LogP contribution in [0, 0.1) is 26.7 Å². The Bertz CT molecular complexity index is 1290. The lowest BCUT2D eigenvalue weighted by Gasteiger charge is -2.43. The molecule has 3 aromatic rings. The van der Waals surface area contributed by atoms with Gasteiger partial charge in [0, 0.05) is 59.6 Å². The summed E-state index contributed by atoms with van der Waals surface area (Å²) >= 11 is 0. The number of H-pyrrole nitrogens is 1. The van der Waals surface area contributed by atoms with Crippen LogP contribution >= 0.6 is 0 Å². The molecule has 2 aromatic heterocycles. The van der Waals surface area contributed by atoms with Gasteiger partial charge in [-0.05, 0) is 77.2 Å². The van der Waals surface area contributed by atoms with Crippen LogP contribution in [0.2, 0.25) is 0 Å². The monoisotopic (exact) mass is 475 g/mol. The van der Waals surface area contributed by atoms with Crippen molar-refractivity contribution in [2.45, 2.75) is 59.2 Å². The minimum atomic E-state index is -0.139. The molecule has 5 rings (SSSR count). The highest BCUT2D eigenvalue weighted by molar-refractivity contribution is 6.08. The van der Waals surface area contributed by atoms with Crippen molar-refractivity contribution in [3.05, 3.63) is 68.8 Å². The summed E-state index contributed by atoms with van der Waals surface area (Å²) in [6.07, 6.45) is 2.36. The van der Waals surface area contributed by atoms with E-state index in [0.29, 0.717) is 29.1 Å². The first-order valence-electron chi connectivity index (χ1n) is 12.9. The van der Waals surface area contributed by atoms with Crippen LogP contribution in [0.1, 0.15) is 58.7 Å². The third kappa shape index (κ3) is 4.43. The number of aromatic amines is 1. The van der Waals surface area contributed by atoms with Crippen LogP contribution in [0.3, 0.4) is 0 Å². The van der Waals surface area contributed by atoms with E-state index in [1.54, 1.807) is 0 Å². The molecule has 2 aliphatic rings. The van der Waals surface area contributed by atoms with Gasteiger partial charge in [0.15, 0.2) is 0 Å². The number of aromatic nitrogens is 2. The Kier molecular flexibility index (Phi) is 6.55. The number of likely N-dealkylation sites (tertiary alicyclic amines) is 1. The smallest absolute Gasteiger partial charge is 0.254 e. The van der Waals surface area contributed by atoms with Gasteiger partial charge in [-0.25, -0.2) is 0 Å². The summed E-state index contributed by atoms with van der Waals surface area (Å²) in [6.45, 7) is 12.9. The third-order valence-electron chi connectivity index (χ3n) is 8.24. The van der Waals surface area contributed by atoms with E-state index >= 15 is 0 Å². The van der Waals surface area contributed by atoms with Crippen LogP contribution in [0.25, 0.3) is 10.9 Å². The molecule has 7 nitrogen and oxygen atoms in total. The van der Waals surface area contributed by atoms with Gasteiger partial charge < -0.3 is 20.2 Å². The van der Waals surface area contributed by atoms with Crippen molar-refractivity contribution < 1.29 is 4.79 Å². The van der Waals surface area contributed by atoms with Gasteiger partial charge in [0.2, 0.25) is 0 Å². The Labute approximate surface area is 206 Å². The molecule has 1 aromatic carbocycles. The molecular weight excluding hydrogens is 438 g/mol. The number of nitrogens with zero attached hydrogens (tertiary/aromatic N) is 2. The third-order valence-corrected chi connectivity index (χ3v) is 8.24. The zero-order valence-corrected chi connectivity index (χ0v) is 21.3. The van der Waals surface area contributed by atoms with Gasteiger partial charge in [-0.3, -0.25) is 14.5 Å². The Morgan fingerprint density at radius 1 is 1.14 bits per heavy atom. The number of piperidine rings is 1. The highest BCUT2D eigenvalue weighted by Gasteiger charge is 2.32. The first-order valence-corrected chi connectivity index (χ1v) is 12.9. The number of rotatable bonds is 6. The molecule has 3 N–H and O–H groups in total. The number of carbonyl (C=O) groups excluding carboxylic acids is 1. The molecule has 2 fully saturated rings. The number of nitrogens with one attached hydrogen (secondary N) is 3. The van der Waals surface area contributed by atoms with Crippen LogP contribution < -0.4 is 16.2 Å². The molecule has 7 heteroatoms. The van der Waals surface area contributed by atoms with Crippen LogP contribution in [0.15, 0.2) is 35.1 Å². The molecule has 0 bridgehead atoms. The maximum Gasteiger partial charge on any atom is 0.254 e. The summed E-state index contributed by atoms with van der Waals surface area (Å²) < 4.78 is 2.37. The van der Waals surface area contributed by atoms with E-state index in [1.165, 1.54) is 12.8 Å². The van der Waals surface area contributed by atoms with E-state index in [9.17, 15) is 9.59 Å². The van der Waals surface area contributed by atoms with Crippen molar-refractivity contribution in [3.63, 3.8) is 0 Å². The summed E-state index contributed by atoms with van der Waals surface area (Å²) in [5.74, 6) is 0.454. The number of aryl methyl sites for hydroxylation is 2. The zero-order valence-electron chi connectivity index (χ0n) is 21.3. The molecular formula is C28H37N5O2. The molecule has 0 spiro atoms. The number of fused-ring (bicyclic) bond motifs is 1. The summed E-state index contributed by atoms with van der Waals surface area (Å²) in [5, 5.41) is 7.39. The predicted molar refractivity (Wildman–Crippen MR) is 140 cm³/mol. The molecule has 2 saturated heterocycles. The van der Waals surface area contributed by atoms with Gasteiger partial charge in [-0.1, -0.05) is 18.2 Å². The largest absolute Gasteiger partial charge is 0.348 e. The highest BCUT2D eigenvalue weighted by atomic mass is 16.2. The van der Waals surface area contributed by atoms with Crippen molar-refractivity contribution in [2.24, 2.45) is 5.92 Å². The topological polar surface area (TPSA) is 82.2 Å². The van der Waals surface area contributed by atoms with Crippen molar-refractivity contribution in [1.82, 2.24) is 25.1 Å². The second-order valence-corrected chi connectivity index (χ2v) is 10.4. The van der Waals surface area contributed by atoms with E-state index in [4.69, 9.17) is 0 Å². The zero-order chi connectivity index (χ0) is 24.7. The van der Waals surface area contributed by atoms with E-state index < -0.39 is 0 Å². The fourth-order valence-electron chi connectivity index (χ4n) is 6.07. The van der Waals surface area contributed by atoms with E-state index in [2.05, 4.69) is 45.0 Å². The maximum atomic E-state index is 13.5. The van der Waals surface area contributed by atoms with Gasteiger partial charge >= 0.3 is 0 Å². The summed E-state index contributed by atoms with van der Waals surface area (Å²) in [4.78, 5) is 31.4. The van der Waals surface area contributed by atoms with Crippen molar-refractivity contribution >= 4 is 16.8 Å². The van der Waals surface area contributed by atoms with E-state index in [1.807, 2.05) is 38.1 Å². The van der Waals surface area contributed by atoms with Crippen molar-refractivity contribution in [2.75, 3.05) is 26.2 Å².